The lowest BCUT2D eigenvalue weighted by atomic mass is 10.1. The van der Waals surface area contributed by atoms with Crippen LogP contribution >= 0.6 is 0 Å². The molecule has 12 heavy (non-hydrogen) atoms. The molecule has 0 unspecified atom stereocenters. The first kappa shape index (κ1) is 8.97. The van der Waals surface area contributed by atoms with Crippen LogP contribution in [0.1, 0.15) is 19.4 Å². The lowest BCUT2D eigenvalue weighted by Gasteiger charge is -2.03. The number of hydrogen-bond acceptors (Lipinski definition) is 3. The van der Waals surface area contributed by atoms with Gasteiger partial charge in [0.2, 0.25) is 0 Å². The van der Waals surface area contributed by atoms with Crippen molar-refractivity contribution in [3.63, 3.8) is 0 Å². The molecule has 0 saturated carbocycles. The SMILES string of the molecule is COc1ncc(CC(C)C)cn1. The molecule has 0 amide bonds. The zero-order valence-corrected chi connectivity index (χ0v) is 7.74. The average Bonchev–Trinajstić information content (AvgIpc) is 2.05. The molecule has 0 aliphatic rings. The van der Waals surface area contributed by atoms with Crippen molar-refractivity contribution in [3.05, 3.63) is 18.0 Å². The highest BCUT2D eigenvalue weighted by Crippen LogP contribution is 2.07. The van der Waals surface area contributed by atoms with E-state index in [0.29, 0.717) is 11.9 Å². The topological polar surface area (TPSA) is 35.0 Å². The standard InChI is InChI=1S/C9H14N2O/c1-7(2)4-8-5-10-9(12-3)11-6-8/h5-7H,4H2,1-3H3. The van der Waals surface area contributed by atoms with E-state index in [1.54, 1.807) is 7.11 Å². The summed E-state index contributed by atoms with van der Waals surface area (Å²) >= 11 is 0. The Morgan fingerprint density at radius 1 is 1.33 bits per heavy atom. The van der Waals surface area contributed by atoms with E-state index < -0.39 is 0 Å². The average molecular weight is 166 g/mol. The van der Waals surface area contributed by atoms with Gasteiger partial charge in [-0.15, -0.1) is 0 Å². The van der Waals surface area contributed by atoms with Gasteiger partial charge in [-0.2, -0.15) is 0 Å². The predicted octanol–water partition coefficient (Wildman–Crippen LogP) is 1.68. The molecule has 1 rings (SSSR count). The number of methoxy groups -OCH3 is 1. The van der Waals surface area contributed by atoms with Crippen LogP contribution in [0.5, 0.6) is 6.01 Å². The van der Waals surface area contributed by atoms with Crippen LogP contribution < -0.4 is 4.74 Å². The summed E-state index contributed by atoms with van der Waals surface area (Å²) in [4.78, 5) is 8.03. The van der Waals surface area contributed by atoms with Gasteiger partial charge in [0.15, 0.2) is 0 Å². The Kier molecular flexibility index (Phi) is 3.02. The maximum atomic E-state index is 4.85. The second-order valence-corrected chi connectivity index (χ2v) is 3.18. The first-order chi connectivity index (χ1) is 5.72. The smallest absolute Gasteiger partial charge is 0.316 e. The number of nitrogens with zero attached hydrogens (tertiary/aromatic N) is 2. The summed E-state index contributed by atoms with van der Waals surface area (Å²) < 4.78 is 4.85. The molecule has 1 aromatic rings. The lowest BCUT2D eigenvalue weighted by molar-refractivity contribution is 0.379. The molecule has 0 aliphatic heterocycles. The Balaban J connectivity index is 2.65. The summed E-state index contributed by atoms with van der Waals surface area (Å²) in [5.41, 5.74) is 1.16. The molecular formula is C9H14N2O. The van der Waals surface area contributed by atoms with E-state index in [2.05, 4.69) is 23.8 Å². The number of hydrogen-bond donors (Lipinski definition) is 0. The summed E-state index contributed by atoms with van der Waals surface area (Å²) in [5, 5.41) is 0. The van der Waals surface area contributed by atoms with Crippen LogP contribution in [-0.4, -0.2) is 17.1 Å². The van der Waals surface area contributed by atoms with Gasteiger partial charge in [-0.1, -0.05) is 13.8 Å². The molecule has 0 fully saturated rings. The van der Waals surface area contributed by atoms with Gasteiger partial charge in [0, 0.05) is 12.4 Å². The van der Waals surface area contributed by atoms with E-state index >= 15 is 0 Å². The molecule has 66 valence electrons. The van der Waals surface area contributed by atoms with E-state index in [-0.39, 0.29) is 0 Å². The van der Waals surface area contributed by atoms with E-state index in [1.165, 1.54) is 0 Å². The van der Waals surface area contributed by atoms with Crippen molar-refractivity contribution in [1.29, 1.82) is 0 Å². The molecule has 0 aromatic carbocycles. The molecule has 0 spiro atoms. The molecule has 0 radical (unpaired) electrons. The van der Waals surface area contributed by atoms with Crippen molar-refractivity contribution in [2.24, 2.45) is 5.92 Å². The largest absolute Gasteiger partial charge is 0.467 e. The summed E-state index contributed by atoms with van der Waals surface area (Å²) in [6.45, 7) is 4.34. The fourth-order valence-corrected chi connectivity index (χ4v) is 1.03. The quantitative estimate of drug-likeness (QED) is 0.685. The molecule has 3 heteroatoms. The zero-order chi connectivity index (χ0) is 8.97. The van der Waals surface area contributed by atoms with Gasteiger partial charge < -0.3 is 4.74 Å². The van der Waals surface area contributed by atoms with Crippen LogP contribution in [0.2, 0.25) is 0 Å². The van der Waals surface area contributed by atoms with Gasteiger partial charge in [0.25, 0.3) is 0 Å². The zero-order valence-electron chi connectivity index (χ0n) is 7.74. The minimum atomic E-state index is 0.433. The van der Waals surface area contributed by atoms with Crippen LogP contribution in [0.4, 0.5) is 0 Å². The monoisotopic (exact) mass is 166 g/mol. The molecule has 0 bridgehead atoms. The Morgan fingerprint density at radius 3 is 2.33 bits per heavy atom. The minimum Gasteiger partial charge on any atom is -0.467 e. The highest BCUT2D eigenvalue weighted by atomic mass is 16.5. The maximum Gasteiger partial charge on any atom is 0.316 e. The van der Waals surface area contributed by atoms with Crippen molar-refractivity contribution < 1.29 is 4.74 Å². The van der Waals surface area contributed by atoms with Crippen LogP contribution in [0.25, 0.3) is 0 Å². The summed E-state index contributed by atoms with van der Waals surface area (Å²) in [5.74, 6) is 0.641. The fourth-order valence-electron chi connectivity index (χ4n) is 1.03. The summed E-state index contributed by atoms with van der Waals surface area (Å²) in [6.07, 6.45) is 4.64. The Bertz CT molecular complexity index is 231. The number of rotatable bonds is 3. The maximum absolute atomic E-state index is 4.85. The van der Waals surface area contributed by atoms with Crippen LogP contribution in [0.3, 0.4) is 0 Å². The highest BCUT2D eigenvalue weighted by Gasteiger charge is 1.99. The predicted molar refractivity (Wildman–Crippen MR) is 47.1 cm³/mol. The molecule has 0 N–H and O–H groups in total. The minimum absolute atomic E-state index is 0.433. The van der Waals surface area contributed by atoms with Gasteiger partial charge in [-0.3, -0.25) is 0 Å². The van der Waals surface area contributed by atoms with E-state index in [9.17, 15) is 0 Å². The first-order valence-corrected chi connectivity index (χ1v) is 4.07. The van der Waals surface area contributed by atoms with E-state index in [0.717, 1.165) is 12.0 Å². The number of aromatic nitrogens is 2. The van der Waals surface area contributed by atoms with Crippen molar-refractivity contribution in [3.8, 4) is 6.01 Å². The normalized spacial score (nSPS) is 10.3. The van der Waals surface area contributed by atoms with Crippen LogP contribution in [-0.2, 0) is 6.42 Å². The molecule has 0 aliphatic carbocycles. The van der Waals surface area contributed by atoms with Crippen molar-refractivity contribution in [1.82, 2.24) is 9.97 Å². The van der Waals surface area contributed by atoms with Crippen molar-refractivity contribution >= 4 is 0 Å². The number of ether oxygens (including phenoxy) is 1. The van der Waals surface area contributed by atoms with Crippen LogP contribution in [0, 0.1) is 5.92 Å². The van der Waals surface area contributed by atoms with Crippen molar-refractivity contribution in [2.45, 2.75) is 20.3 Å². The van der Waals surface area contributed by atoms with Crippen LogP contribution in [0.15, 0.2) is 12.4 Å². The van der Waals surface area contributed by atoms with Crippen molar-refractivity contribution in [2.75, 3.05) is 7.11 Å². The second kappa shape index (κ2) is 4.04. The Hall–Kier alpha value is -1.12. The lowest BCUT2D eigenvalue weighted by Crippen LogP contribution is -1.97. The van der Waals surface area contributed by atoms with E-state index in [1.807, 2.05) is 12.4 Å². The highest BCUT2D eigenvalue weighted by molar-refractivity contribution is 5.07. The molecule has 1 heterocycles. The Morgan fingerprint density at radius 2 is 1.92 bits per heavy atom. The summed E-state index contributed by atoms with van der Waals surface area (Å²) in [6, 6.07) is 0.433. The Labute approximate surface area is 72.8 Å². The van der Waals surface area contributed by atoms with Gasteiger partial charge >= 0.3 is 6.01 Å². The van der Waals surface area contributed by atoms with E-state index in [4.69, 9.17) is 4.74 Å². The molecule has 1 aromatic heterocycles. The second-order valence-electron chi connectivity index (χ2n) is 3.18. The first-order valence-electron chi connectivity index (χ1n) is 4.07. The molecule has 0 atom stereocenters. The molecular weight excluding hydrogens is 152 g/mol. The summed E-state index contributed by atoms with van der Waals surface area (Å²) in [7, 11) is 1.57. The third-order valence-electron chi connectivity index (χ3n) is 1.51. The third kappa shape index (κ3) is 2.49. The fraction of sp³-hybridized carbons (Fsp3) is 0.556. The van der Waals surface area contributed by atoms with Gasteiger partial charge in [0.05, 0.1) is 7.11 Å². The molecule has 0 saturated heterocycles. The van der Waals surface area contributed by atoms with Gasteiger partial charge in [-0.05, 0) is 17.9 Å². The van der Waals surface area contributed by atoms with Gasteiger partial charge in [0.1, 0.15) is 0 Å². The molecule has 3 nitrogen and oxygen atoms in total. The van der Waals surface area contributed by atoms with Gasteiger partial charge in [-0.25, -0.2) is 9.97 Å². The third-order valence-corrected chi connectivity index (χ3v) is 1.51.